The highest BCUT2D eigenvalue weighted by Crippen LogP contribution is 2.39. The van der Waals surface area contributed by atoms with Crippen molar-refractivity contribution < 1.29 is 23.5 Å². The van der Waals surface area contributed by atoms with E-state index in [9.17, 15) is 14.0 Å². The molecule has 14 heavy (non-hydrogen) atoms. The van der Waals surface area contributed by atoms with Crippen LogP contribution in [0.15, 0.2) is 12.2 Å². The Morgan fingerprint density at radius 1 is 1.79 bits per heavy atom. The van der Waals surface area contributed by atoms with Crippen molar-refractivity contribution in [2.75, 3.05) is 7.11 Å². The largest absolute Gasteiger partial charge is 0.469 e. The highest BCUT2D eigenvalue weighted by molar-refractivity contribution is 5.87. The number of carbonyl (C=O) groups excluding carboxylic acids is 2. The number of rotatable bonds is 1. The average molecular weight is 200 g/mol. The second-order valence-corrected chi connectivity index (χ2v) is 3.43. The van der Waals surface area contributed by atoms with E-state index in [-0.39, 0.29) is 6.42 Å². The van der Waals surface area contributed by atoms with Crippen LogP contribution in [-0.4, -0.2) is 30.8 Å². The SMILES string of the molecule is COC(=O)[C@H]1C[C@]2(F)C=C[C@H]1OC2=O. The van der Waals surface area contributed by atoms with Gasteiger partial charge >= 0.3 is 11.9 Å². The Balaban J connectivity index is 2.27. The summed E-state index contributed by atoms with van der Waals surface area (Å²) in [5, 5.41) is 0. The fraction of sp³-hybridized carbons (Fsp3) is 0.556. The lowest BCUT2D eigenvalue weighted by molar-refractivity contribution is -0.180. The van der Waals surface area contributed by atoms with Crippen LogP contribution >= 0.6 is 0 Å². The van der Waals surface area contributed by atoms with Crippen LogP contribution in [0.4, 0.5) is 4.39 Å². The highest BCUT2D eigenvalue weighted by Gasteiger charge is 2.54. The molecule has 1 fully saturated rings. The second kappa shape index (κ2) is 2.80. The van der Waals surface area contributed by atoms with Gasteiger partial charge in [-0.25, -0.2) is 9.18 Å². The van der Waals surface area contributed by atoms with Crippen LogP contribution < -0.4 is 0 Å². The lowest BCUT2D eigenvalue weighted by Gasteiger charge is -2.38. The molecule has 0 saturated carbocycles. The molecular formula is C9H9FO4. The normalized spacial score (nSPS) is 39.4. The standard InChI is InChI=1S/C9H9FO4/c1-13-7(11)5-4-9(10)3-2-6(5)14-8(9)12/h2-3,5-6H,4H2,1H3/t5-,6+,9+/m0/s1. The van der Waals surface area contributed by atoms with E-state index in [0.717, 1.165) is 6.08 Å². The predicted molar refractivity (Wildman–Crippen MR) is 43.0 cm³/mol. The first-order chi connectivity index (χ1) is 6.57. The van der Waals surface area contributed by atoms with Crippen LogP contribution in [0.3, 0.4) is 0 Å². The summed E-state index contributed by atoms with van der Waals surface area (Å²) in [6.07, 6.45) is 1.70. The van der Waals surface area contributed by atoms with Crippen molar-refractivity contribution in [3.8, 4) is 0 Å². The van der Waals surface area contributed by atoms with E-state index < -0.39 is 29.6 Å². The second-order valence-electron chi connectivity index (χ2n) is 3.43. The minimum absolute atomic E-state index is 0.181. The Labute approximate surface area is 79.7 Å². The number of alkyl halides is 1. The molecule has 3 aliphatic rings. The number of halogens is 1. The topological polar surface area (TPSA) is 52.6 Å². The van der Waals surface area contributed by atoms with E-state index in [1.165, 1.54) is 13.2 Å². The summed E-state index contributed by atoms with van der Waals surface area (Å²) in [6, 6.07) is 0. The van der Waals surface area contributed by atoms with Gasteiger partial charge < -0.3 is 9.47 Å². The van der Waals surface area contributed by atoms with Gasteiger partial charge in [0.1, 0.15) is 12.0 Å². The molecule has 0 N–H and O–H groups in total. The van der Waals surface area contributed by atoms with Gasteiger partial charge in [-0.05, 0) is 12.2 Å². The first kappa shape index (κ1) is 9.18. The van der Waals surface area contributed by atoms with Crippen LogP contribution in [0.5, 0.6) is 0 Å². The van der Waals surface area contributed by atoms with Crippen LogP contribution in [0.1, 0.15) is 6.42 Å². The van der Waals surface area contributed by atoms with Crippen molar-refractivity contribution >= 4 is 11.9 Å². The molecule has 4 nitrogen and oxygen atoms in total. The fourth-order valence-corrected chi connectivity index (χ4v) is 1.75. The van der Waals surface area contributed by atoms with Gasteiger partial charge in [-0.15, -0.1) is 0 Å². The summed E-state index contributed by atoms with van der Waals surface area (Å²) < 4.78 is 22.9. The van der Waals surface area contributed by atoms with Crippen molar-refractivity contribution in [2.45, 2.75) is 18.2 Å². The van der Waals surface area contributed by atoms with E-state index in [2.05, 4.69) is 4.74 Å². The number of carbonyl (C=O) groups is 2. The van der Waals surface area contributed by atoms with E-state index in [1.807, 2.05) is 0 Å². The molecular weight excluding hydrogens is 191 g/mol. The summed E-state index contributed by atoms with van der Waals surface area (Å²) in [7, 11) is 1.22. The Morgan fingerprint density at radius 2 is 2.50 bits per heavy atom. The Hall–Kier alpha value is -1.39. The van der Waals surface area contributed by atoms with Crippen molar-refractivity contribution in [1.82, 2.24) is 0 Å². The van der Waals surface area contributed by atoms with Gasteiger partial charge in [-0.2, -0.15) is 0 Å². The van der Waals surface area contributed by atoms with E-state index >= 15 is 0 Å². The molecule has 0 spiro atoms. The minimum atomic E-state index is -2.15. The number of ether oxygens (including phenoxy) is 2. The predicted octanol–water partition coefficient (Wildman–Crippen LogP) is 0.369. The summed E-state index contributed by atoms with van der Waals surface area (Å²) in [5.74, 6) is -2.17. The summed E-state index contributed by atoms with van der Waals surface area (Å²) in [4.78, 5) is 22.2. The first-order valence-corrected chi connectivity index (χ1v) is 4.24. The van der Waals surface area contributed by atoms with E-state index in [0.29, 0.717) is 0 Å². The lowest BCUT2D eigenvalue weighted by atomic mass is 9.80. The third-order valence-electron chi connectivity index (χ3n) is 2.55. The number of methoxy groups -OCH3 is 1. The fourth-order valence-electron chi connectivity index (χ4n) is 1.75. The molecule has 0 radical (unpaired) electrons. The quantitative estimate of drug-likeness (QED) is 0.453. The van der Waals surface area contributed by atoms with Gasteiger partial charge in [0, 0.05) is 6.42 Å². The van der Waals surface area contributed by atoms with Gasteiger partial charge in [0.25, 0.3) is 0 Å². The molecule has 1 saturated heterocycles. The molecule has 0 amide bonds. The van der Waals surface area contributed by atoms with Gasteiger partial charge in [-0.3, -0.25) is 4.79 Å². The van der Waals surface area contributed by atoms with Crippen molar-refractivity contribution in [2.24, 2.45) is 5.92 Å². The maximum Gasteiger partial charge on any atom is 0.348 e. The molecule has 0 aromatic carbocycles. The first-order valence-electron chi connectivity index (χ1n) is 4.24. The van der Waals surface area contributed by atoms with Crippen molar-refractivity contribution in [3.63, 3.8) is 0 Å². The summed E-state index contributed by atoms with van der Waals surface area (Å²) in [6.45, 7) is 0. The van der Waals surface area contributed by atoms with Crippen LogP contribution in [0.2, 0.25) is 0 Å². The molecule has 5 heteroatoms. The van der Waals surface area contributed by atoms with Crippen molar-refractivity contribution in [3.05, 3.63) is 12.2 Å². The van der Waals surface area contributed by atoms with Gasteiger partial charge in [-0.1, -0.05) is 0 Å². The van der Waals surface area contributed by atoms with Gasteiger partial charge in [0.2, 0.25) is 5.67 Å². The molecule has 1 aliphatic carbocycles. The Kier molecular flexibility index (Phi) is 1.83. The number of hydrogen-bond acceptors (Lipinski definition) is 4. The summed E-state index contributed by atoms with van der Waals surface area (Å²) in [5.41, 5.74) is -2.15. The molecule has 3 rings (SSSR count). The maximum atomic E-state index is 13.7. The molecule has 2 aliphatic heterocycles. The number of fused-ring (bicyclic) bond motifs is 2. The molecule has 76 valence electrons. The Bertz CT molecular complexity index is 325. The molecule has 3 atom stereocenters. The Morgan fingerprint density at radius 3 is 3.00 bits per heavy atom. The van der Waals surface area contributed by atoms with Crippen LogP contribution in [0.25, 0.3) is 0 Å². The number of hydrogen-bond donors (Lipinski definition) is 0. The molecule has 2 bridgehead atoms. The van der Waals surface area contributed by atoms with Gasteiger partial charge in [0.15, 0.2) is 0 Å². The van der Waals surface area contributed by atoms with E-state index in [4.69, 9.17) is 4.74 Å². The number of esters is 2. The minimum Gasteiger partial charge on any atom is -0.469 e. The monoisotopic (exact) mass is 200 g/mol. The van der Waals surface area contributed by atoms with Crippen LogP contribution in [-0.2, 0) is 19.1 Å². The van der Waals surface area contributed by atoms with Crippen molar-refractivity contribution in [1.29, 1.82) is 0 Å². The summed E-state index contributed by atoms with van der Waals surface area (Å²) >= 11 is 0. The maximum absolute atomic E-state index is 13.7. The zero-order valence-corrected chi connectivity index (χ0v) is 7.53. The molecule has 0 aromatic rings. The van der Waals surface area contributed by atoms with Gasteiger partial charge in [0.05, 0.1) is 7.11 Å². The lowest BCUT2D eigenvalue weighted by Crippen LogP contribution is -2.52. The third-order valence-corrected chi connectivity index (χ3v) is 2.55. The smallest absolute Gasteiger partial charge is 0.348 e. The zero-order valence-electron chi connectivity index (χ0n) is 7.53. The highest BCUT2D eigenvalue weighted by atomic mass is 19.1. The molecule has 2 heterocycles. The van der Waals surface area contributed by atoms with Crippen LogP contribution in [0, 0.1) is 5.92 Å². The average Bonchev–Trinajstić information content (AvgIpc) is 2.18. The molecule has 0 aromatic heterocycles. The van der Waals surface area contributed by atoms with E-state index in [1.54, 1.807) is 0 Å². The molecule has 0 unspecified atom stereocenters. The zero-order chi connectivity index (χ0) is 10.3. The third kappa shape index (κ3) is 1.12.